The number of hydrogen-bond donors (Lipinski definition) is 2. The minimum atomic E-state index is -3.91. The van der Waals surface area contributed by atoms with Crippen LogP contribution in [-0.2, 0) is 9.84 Å². The molecule has 0 aliphatic heterocycles. The van der Waals surface area contributed by atoms with Gasteiger partial charge in [-0.15, -0.1) is 0 Å². The van der Waals surface area contributed by atoms with Crippen molar-refractivity contribution in [2.45, 2.75) is 16.8 Å². The standard InChI is InChI=1S/C15H12N6O4S/c1-8-13(14-15(16)20-25-19-14)18-11-6-17-12(7-21(8)11)26(23,24)10-4-2-3-9(22)5-10/h2-7,22H,1H3,(H2,16,20). The zero-order valence-corrected chi connectivity index (χ0v) is 14.2. The molecule has 0 radical (unpaired) electrons. The minimum absolute atomic E-state index is 0.0627. The van der Waals surface area contributed by atoms with Gasteiger partial charge >= 0.3 is 0 Å². The molecule has 0 saturated heterocycles. The number of phenols is 1. The van der Waals surface area contributed by atoms with Crippen LogP contribution in [-0.4, -0.2) is 38.2 Å². The van der Waals surface area contributed by atoms with Crippen LogP contribution in [0.2, 0.25) is 0 Å². The van der Waals surface area contributed by atoms with E-state index in [1.54, 1.807) is 11.3 Å². The van der Waals surface area contributed by atoms with Gasteiger partial charge in [-0.25, -0.2) is 23.0 Å². The van der Waals surface area contributed by atoms with Crippen LogP contribution in [0.4, 0.5) is 5.82 Å². The summed E-state index contributed by atoms with van der Waals surface area (Å²) in [7, 11) is -3.91. The Bertz CT molecular complexity index is 1240. The van der Waals surface area contributed by atoms with Gasteiger partial charge in [0.1, 0.15) is 11.4 Å². The van der Waals surface area contributed by atoms with Crippen molar-refractivity contribution in [3.05, 3.63) is 42.4 Å². The van der Waals surface area contributed by atoms with E-state index in [2.05, 4.69) is 24.9 Å². The summed E-state index contributed by atoms with van der Waals surface area (Å²) < 4.78 is 31.7. The first kappa shape index (κ1) is 16.0. The Hall–Kier alpha value is -3.47. The van der Waals surface area contributed by atoms with Crippen molar-refractivity contribution >= 4 is 21.3 Å². The van der Waals surface area contributed by atoms with E-state index in [1.807, 2.05) is 0 Å². The number of fused-ring (bicyclic) bond motifs is 1. The molecule has 0 fully saturated rings. The summed E-state index contributed by atoms with van der Waals surface area (Å²) in [6.45, 7) is 1.73. The van der Waals surface area contributed by atoms with Crippen molar-refractivity contribution in [3.8, 4) is 17.1 Å². The third-order valence-corrected chi connectivity index (χ3v) is 5.50. The van der Waals surface area contributed by atoms with Crippen LogP contribution >= 0.6 is 0 Å². The molecule has 0 bridgehead atoms. The molecule has 4 aromatic rings. The third kappa shape index (κ3) is 2.37. The highest BCUT2D eigenvalue weighted by Gasteiger charge is 2.23. The second-order valence-corrected chi connectivity index (χ2v) is 7.39. The molecule has 0 unspecified atom stereocenters. The van der Waals surface area contributed by atoms with E-state index in [1.165, 1.54) is 30.6 Å². The summed E-state index contributed by atoms with van der Waals surface area (Å²) in [5, 5.41) is 16.6. The van der Waals surface area contributed by atoms with Gasteiger partial charge in [0.05, 0.1) is 11.1 Å². The summed E-state index contributed by atoms with van der Waals surface area (Å²) in [4.78, 5) is 8.29. The fraction of sp³-hybridized carbons (Fsp3) is 0.0667. The predicted octanol–water partition coefficient (Wildman–Crippen LogP) is 1.21. The van der Waals surface area contributed by atoms with E-state index in [4.69, 9.17) is 5.73 Å². The van der Waals surface area contributed by atoms with E-state index < -0.39 is 9.84 Å². The topological polar surface area (TPSA) is 149 Å². The zero-order valence-electron chi connectivity index (χ0n) is 13.4. The Kier molecular flexibility index (Phi) is 3.40. The average molecular weight is 372 g/mol. The number of imidazole rings is 1. The van der Waals surface area contributed by atoms with Crippen LogP contribution in [0.5, 0.6) is 5.75 Å². The number of aromatic hydroxyl groups is 1. The SMILES string of the molecule is Cc1c(-c2nonc2N)nc2cnc(S(=O)(=O)c3cccc(O)c3)cn12. The van der Waals surface area contributed by atoms with Gasteiger partial charge < -0.3 is 10.8 Å². The Labute approximate surface area is 146 Å². The number of benzene rings is 1. The van der Waals surface area contributed by atoms with Crippen molar-refractivity contribution in [1.82, 2.24) is 24.7 Å². The van der Waals surface area contributed by atoms with Crippen LogP contribution in [0, 0.1) is 6.92 Å². The fourth-order valence-corrected chi connectivity index (χ4v) is 3.76. The number of aromatic nitrogens is 5. The van der Waals surface area contributed by atoms with Gasteiger partial charge in [0.25, 0.3) is 0 Å². The highest BCUT2D eigenvalue weighted by atomic mass is 32.2. The van der Waals surface area contributed by atoms with Gasteiger partial charge in [0.15, 0.2) is 22.2 Å². The number of nitrogens with zero attached hydrogens (tertiary/aromatic N) is 5. The second-order valence-electron chi connectivity index (χ2n) is 5.50. The maximum Gasteiger partial charge on any atom is 0.225 e. The molecule has 3 N–H and O–H groups in total. The van der Waals surface area contributed by atoms with Crippen LogP contribution in [0.25, 0.3) is 17.0 Å². The molecule has 3 heterocycles. The van der Waals surface area contributed by atoms with Crippen molar-refractivity contribution in [1.29, 1.82) is 0 Å². The molecule has 0 aliphatic carbocycles. The van der Waals surface area contributed by atoms with Crippen molar-refractivity contribution in [2.24, 2.45) is 0 Å². The van der Waals surface area contributed by atoms with Gasteiger partial charge in [-0.05, 0) is 35.4 Å². The smallest absolute Gasteiger partial charge is 0.225 e. The number of anilines is 1. The van der Waals surface area contributed by atoms with E-state index in [0.717, 1.165) is 6.07 Å². The van der Waals surface area contributed by atoms with E-state index in [9.17, 15) is 13.5 Å². The average Bonchev–Trinajstić information content (AvgIpc) is 3.18. The Morgan fingerprint density at radius 2 is 2.04 bits per heavy atom. The highest BCUT2D eigenvalue weighted by Crippen LogP contribution is 2.27. The predicted molar refractivity (Wildman–Crippen MR) is 89.0 cm³/mol. The van der Waals surface area contributed by atoms with Crippen LogP contribution in [0.15, 0.2) is 51.2 Å². The van der Waals surface area contributed by atoms with Gasteiger partial charge in [0, 0.05) is 11.9 Å². The molecule has 26 heavy (non-hydrogen) atoms. The van der Waals surface area contributed by atoms with Crippen LogP contribution < -0.4 is 5.73 Å². The van der Waals surface area contributed by atoms with Crippen LogP contribution in [0.1, 0.15) is 5.69 Å². The number of hydrogen-bond acceptors (Lipinski definition) is 9. The molecule has 0 amide bonds. The Morgan fingerprint density at radius 1 is 1.23 bits per heavy atom. The monoisotopic (exact) mass is 372 g/mol. The number of nitrogens with two attached hydrogens (primary N) is 1. The largest absolute Gasteiger partial charge is 0.508 e. The molecule has 1 aromatic carbocycles. The molecule has 4 rings (SSSR count). The summed E-state index contributed by atoms with van der Waals surface area (Å²) in [6, 6.07) is 5.38. The second kappa shape index (κ2) is 5.52. The van der Waals surface area contributed by atoms with Crippen LogP contribution in [0.3, 0.4) is 0 Å². The first-order valence-electron chi connectivity index (χ1n) is 7.35. The molecule has 3 aromatic heterocycles. The third-order valence-electron chi connectivity index (χ3n) is 3.87. The number of phenolic OH excluding ortho intramolecular Hbond substituents is 1. The Morgan fingerprint density at radius 3 is 2.73 bits per heavy atom. The van der Waals surface area contributed by atoms with Gasteiger partial charge in [-0.1, -0.05) is 6.07 Å². The minimum Gasteiger partial charge on any atom is -0.508 e. The lowest BCUT2D eigenvalue weighted by atomic mass is 10.2. The lowest BCUT2D eigenvalue weighted by molar-refractivity contribution is 0.310. The van der Waals surface area contributed by atoms with Gasteiger partial charge in [-0.2, -0.15) is 0 Å². The van der Waals surface area contributed by atoms with Crippen molar-refractivity contribution in [3.63, 3.8) is 0 Å². The normalized spacial score (nSPS) is 11.9. The highest BCUT2D eigenvalue weighted by molar-refractivity contribution is 7.91. The lowest BCUT2D eigenvalue weighted by Crippen LogP contribution is -2.06. The zero-order chi connectivity index (χ0) is 18.5. The first-order valence-corrected chi connectivity index (χ1v) is 8.83. The molecule has 10 nitrogen and oxygen atoms in total. The molecule has 132 valence electrons. The fourth-order valence-electron chi connectivity index (χ4n) is 2.55. The summed E-state index contributed by atoms with van der Waals surface area (Å²) in [5.41, 5.74) is 7.39. The molecule has 0 saturated carbocycles. The van der Waals surface area contributed by atoms with E-state index in [-0.39, 0.29) is 27.2 Å². The van der Waals surface area contributed by atoms with E-state index >= 15 is 0 Å². The summed E-state index contributed by atoms with van der Waals surface area (Å²) >= 11 is 0. The first-order chi connectivity index (χ1) is 12.4. The number of nitrogen functional groups attached to an aromatic ring is 1. The number of sulfone groups is 1. The molecule has 0 atom stereocenters. The quantitative estimate of drug-likeness (QED) is 0.541. The summed E-state index contributed by atoms with van der Waals surface area (Å²) in [5.74, 6) is -0.0701. The van der Waals surface area contributed by atoms with E-state index in [0.29, 0.717) is 17.0 Å². The maximum absolute atomic E-state index is 12.8. The number of rotatable bonds is 3. The maximum atomic E-state index is 12.8. The molecular weight excluding hydrogens is 360 g/mol. The number of aryl methyl sites for hydroxylation is 1. The molecule has 11 heteroatoms. The lowest BCUT2D eigenvalue weighted by Gasteiger charge is -2.05. The van der Waals surface area contributed by atoms with Crippen molar-refractivity contribution < 1.29 is 18.2 Å². The van der Waals surface area contributed by atoms with Gasteiger partial charge in [-0.3, -0.25) is 4.40 Å². The summed E-state index contributed by atoms with van der Waals surface area (Å²) in [6.07, 6.45) is 2.68. The molecule has 0 aliphatic rings. The van der Waals surface area contributed by atoms with Crippen molar-refractivity contribution in [2.75, 3.05) is 5.73 Å². The Balaban J connectivity index is 1.89. The molecule has 0 spiro atoms. The molecular formula is C15H12N6O4S. The van der Waals surface area contributed by atoms with Gasteiger partial charge in [0.2, 0.25) is 9.84 Å².